The van der Waals surface area contributed by atoms with Crippen LogP contribution in [0, 0.1) is 13.8 Å². The number of benzene rings is 1. The molecule has 2 nitrogen and oxygen atoms in total. The minimum absolute atomic E-state index is 0.366. The molecule has 1 atom stereocenters. The fourth-order valence-electron chi connectivity index (χ4n) is 2.39. The minimum Gasteiger partial charge on any atom is -0.352 e. The van der Waals surface area contributed by atoms with Crippen molar-refractivity contribution in [3.63, 3.8) is 0 Å². The van der Waals surface area contributed by atoms with Gasteiger partial charge in [-0.2, -0.15) is 0 Å². The Bertz CT molecular complexity index is 569. The van der Waals surface area contributed by atoms with Crippen LogP contribution in [0.15, 0.2) is 35.2 Å². The first kappa shape index (κ1) is 15.2. The summed E-state index contributed by atoms with van der Waals surface area (Å²) < 4.78 is 2.24. The highest BCUT2D eigenvalue weighted by atomic mass is 32.2. The Morgan fingerprint density at radius 2 is 1.85 bits per heavy atom. The Morgan fingerprint density at radius 1 is 1.20 bits per heavy atom. The van der Waals surface area contributed by atoms with Crippen molar-refractivity contribution < 1.29 is 0 Å². The summed E-state index contributed by atoms with van der Waals surface area (Å²) in [7, 11) is 2.12. The molecular weight excluding hydrogens is 264 g/mol. The van der Waals surface area contributed by atoms with E-state index in [9.17, 15) is 0 Å². The maximum absolute atomic E-state index is 3.61. The first-order valence-electron chi connectivity index (χ1n) is 7.02. The van der Waals surface area contributed by atoms with E-state index >= 15 is 0 Å². The quantitative estimate of drug-likeness (QED) is 0.830. The number of rotatable bonds is 5. The summed E-state index contributed by atoms with van der Waals surface area (Å²) in [5, 5.41) is 3.61. The van der Waals surface area contributed by atoms with Gasteiger partial charge in [-0.3, -0.25) is 0 Å². The van der Waals surface area contributed by atoms with Crippen LogP contribution in [0.5, 0.6) is 0 Å². The summed E-state index contributed by atoms with van der Waals surface area (Å²) in [6.07, 6.45) is 2.11. The number of thioether (sulfide) groups is 1. The van der Waals surface area contributed by atoms with Crippen molar-refractivity contribution in [2.24, 2.45) is 7.05 Å². The molecule has 20 heavy (non-hydrogen) atoms. The standard InChI is InChI=1S/C17H24N2S/c1-12-10-16(14(3)19(12)4)11-18-13(2)15-6-8-17(20-5)9-7-15/h6-10,13,18H,11H2,1-5H3. The predicted octanol–water partition coefficient (Wildman–Crippen LogP) is 4.21. The average molecular weight is 288 g/mol. The van der Waals surface area contributed by atoms with Crippen molar-refractivity contribution in [3.8, 4) is 0 Å². The number of nitrogens with one attached hydrogen (secondary N) is 1. The van der Waals surface area contributed by atoms with Crippen LogP contribution >= 0.6 is 11.8 Å². The van der Waals surface area contributed by atoms with Gasteiger partial charge in [0.25, 0.3) is 0 Å². The second-order valence-corrected chi connectivity index (χ2v) is 6.21. The van der Waals surface area contributed by atoms with E-state index in [2.05, 4.69) is 74.3 Å². The van der Waals surface area contributed by atoms with Crippen LogP contribution < -0.4 is 5.32 Å². The maximum Gasteiger partial charge on any atom is 0.0294 e. The third kappa shape index (κ3) is 3.28. The van der Waals surface area contributed by atoms with Crippen molar-refractivity contribution >= 4 is 11.8 Å². The number of hydrogen-bond acceptors (Lipinski definition) is 2. The van der Waals surface area contributed by atoms with E-state index in [4.69, 9.17) is 0 Å². The lowest BCUT2D eigenvalue weighted by molar-refractivity contribution is 0.572. The van der Waals surface area contributed by atoms with E-state index in [0.29, 0.717) is 6.04 Å². The van der Waals surface area contributed by atoms with Crippen LogP contribution in [-0.2, 0) is 13.6 Å². The zero-order valence-electron chi connectivity index (χ0n) is 13.0. The summed E-state index contributed by atoms with van der Waals surface area (Å²) in [5.41, 5.74) is 5.39. The molecule has 0 saturated heterocycles. The van der Waals surface area contributed by atoms with Crippen molar-refractivity contribution in [2.45, 2.75) is 38.3 Å². The predicted molar refractivity (Wildman–Crippen MR) is 88.4 cm³/mol. The van der Waals surface area contributed by atoms with E-state index in [1.165, 1.54) is 27.4 Å². The molecule has 1 aromatic carbocycles. The molecule has 0 aliphatic rings. The van der Waals surface area contributed by atoms with E-state index in [-0.39, 0.29) is 0 Å². The maximum atomic E-state index is 3.61. The molecule has 1 aromatic heterocycles. The van der Waals surface area contributed by atoms with Gasteiger partial charge in [-0.1, -0.05) is 12.1 Å². The summed E-state index contributed by atoms with van der Waals surface area (Å²) in [6.45, 7) is 7.47. The molecule has 3 heteroatoms. The lowest BCUT2D eigenvalue weighted by Crippen LogP contribution is -2.18. The molecule has 2 aromatic rings. The normalized spacial score (nSPS) is 12.7. The number of nitrogens with zero attached hydrogens (tertiary/aromatic N) is 1. The third-order valence-corrected chi connectivity index (χ3v) is 4.84. The van der Waals surface area contributed by atoms with E-state index in [0.717, 1.165) is 6.54 Å². The fourth-order valence-corrected chi connectivity index (χ4v) is 2.79. The highest BCUT2D eigenvalue weighted by Gasteiger charge is 2.09. The van der Waals surface area contributed by atoms with Gasteiger partial charge in [0, 0.05) is 35.9 Å². The Kier molecular flexibility index (Phi) is 4.95. The van der Waals surface area contributed by atoms with Crippen molar-refractivity contribution in [2.75, 3.05) is 6.26 Å². The molecule has 0 radical (unpaired) electrons. The number of aromatic nitrogens is 1. The largest absolute Gasteiger partial charge is 0.352 e. The first-order valence-corrected chi connectivity index (χ1v) is 8.24. The van der Waals surface area contributed by atoms with Crippen LogP contribution in [-0.4, -0.2) is 10.8 Å². The highest BCUT2D eigenvalue weighted by Crippen LogP contribution is 2.20. The lowest BCUT2D eigenvalue weighted by Gasteiger charge is -2.14. The van der Waals surface area contributed by atoms with Crippen molar-refractivity contribution in [1.82, 2.24) is 9.88 Å². The molecule has 1 N–H and O–H groups in total. The topological polar surface area (TPSA) is 17.0 Å². The van der Waals surface area contributed by atoms with Gasteiger partial charge in [-0.25, -0.2) is 0 Å². The third-order valence-electron chi connectivity index (χ3n) is 4.09. The Labute approximate surface area is 126 Å². The summed E-state index contributed by atoms with van der Waals surface area (Å²) in [4.78, 5) is 1.32. The molecule has 0 aliphatic heterocycles. The van der Waals surface area contributed by atoms with Gasteiger partial charge < -0.3 is 9.88 Å². The minimum atomic E-state index is 0.366. The molecular formula is C17H24N2S. The Hall–Kier alpha value is -1.19. The molecule has 2 rings (SSSR count). The molecule has 0 bridgehead atoms. The molecule has 0 amide bonds. The average Bonchev–Trinajstić information content (AvgIpc) is 2.72. The second kappa shape index (κ2) is 6.51. The van der Waals surface area contributed by atoms with Gasteiger partial charge in [0.05, 0.1) is 0 Å². The van der Waals surface area contributed by atoms with Gasteiger partial charge in [0.1, 0.15) is 0 Å². The number of hydrogen-bond donors (Lipinski definition) is 1. The Morgan fingerprint density at radius 3 is 2.35 bits per heavy atom. The summed E-state index contributed by atoms with van der Waals surface area (Å²) in [5.74, 6) is 0. The lowest BCUT2D eigenvalue weighted by atomic mass is 10.1. The first-order chi connectivity index (χ1) is 9.52. The molecule has 0 fully saturated rings. The van der Waals surface area contributed by atoms with E-state index in [1.54, 1.807) is 11.8 Å². The molecule has 1 heterocycles. The Balaban J connectivity index is 2.00. The zero-order chi connectivity index (χ0) is 14.7. The van der Waals surface area contributed by atoms with Crippen LogP contribution in [0.25, 0.3) is 0 Å². The van der Waals surface area contributed by atoms with Crippen molar-refractivity contribution in [1.29, 1.82) is 0 Å². The van der Waals surface area contributed by atoms with Gasteiger partial charge in [-0.05, 0) is 56.4 Å². The fraction of sp³-hybridized carbons (Fsp3) is 0.412. The molecule has 0 spiro atoms. The van der Waals surface area contributed by atoms with Crippen LogP contribution in [0.1, 0.15) is 35.5 Å². The van der Waals surface area contributed by atoms with Gasteiger partial charge >= 0.3 is 0 Å². The zero-order valence-corrected chi connectivity index (χ0v) is 13.8. The monoisotopic (exact) mass is 288 g/mol. The van der Waals surface area contributed by atoms with Crippen LogP contribution in [0.4, 0.5) is 0 Å². The molecule has 0 saturated carbocycles. The smallest absolute Gasteiger partial charge is 0.0294 e. The van der Waals surface area contributed by atoms with Crippen LogP contribution in [0.2, 0.25) is 0 Å². The van der Waals surface area contributed by atoms with Crippen LogP contribution in [0.3, 0.4) is 0 Å². The van der Waals surface area contributed by atoms with Gasteiger partial charge in [0.2, 0.25) is 0 Å². The molecule has 0 aliphatic carbocycles. The van der Waals surface area contributed by atoms with E-state index < -0.39 is 0 Å². The molecule has 1 unspecified atom stereocenters. The second-order valence-electron chi connectivity index (χ2n) is 5.33. The van der Waals surface area contributed by atoms with E-state index in [1.807, 2.05) is 0 Å². The SMILES string of the molecule is CSc1ccc(C(C)NCc2cc(C)n(C)c2C)cc1. The summed E-state index contributed by atoms with van der Waals surface area (Å²) >= 11 is 1.78. The van der Waals surface area contributed by atoms with Gasteiger partial charge in [0.15, 0.2) is 0 Å². The van der Waals surface area contributed by atoms with Gasteiger partial charge in [-0.15, -0.1) is 11.8 Å². The molecule has 108 valence electrons. The summed E-state index contributed by atoms with van der Waals surface area (Å²) in [6, 6.07) is 11.4. The number of aryl methyl sites for hydroxylation is 1. The van der Waals surface area contributed by atoms with Crippen molar-refractivity contribution in [3.05, 3.63) is 52.8 Å². The highest BCUT2D eigenvalue weighted by molar-refractivity contribution is 7.98.